The second-order valence-corrected chi connectivity index (χ2v) is 3.70. The minimum absolute atomic E-state index is 0.289. The fraction of sp³-hybridized carbons (Fsp3) is 0.667. The fourth-order valence-electron chi connectivity index (χ4n) is 1.21. The van der Waals surface area contributed by atoms with Crippen LogP contribution in [0, 0.1) is 6.92 Å². The molecule has 0 aromatic carbocycles. The van der Waals surface area contributed by atoms with Crippen molar-refractivity contribution in [3.05, 3.63) is 17.8 Å². The highest BCUT2D eigenvalue weighted by Crippen LogP contribution is 2.14. The second kappa shape index (κ2) is 4.54. The van der Waals surface area contributed by atoms with Crippen molar-refractivity contribution in [1.29, 1.82) is 0 Å². The Balaban J connectivity index is 2.60. The first kappa shape index (κ1) is 11.2. The van der Waals surface area contributed by atoms with Crippen LogP contribution in [0.1, 0.15) is 17.7 Å². The third kappa shape index (κ3) is 2.80. The van der Waals surface area contributed by atoms with Gasteiger partial charge in [-0.1, -0.05) is 0 Å². The Labute approximate surface area is 83.5 Å². The smallest absolute Gasteiger partial charge is 0.224 e. The molecule has 0 aliphatic rings. The molecule has 0 radical (unpaired) electrons. The second-order valence-electron chi connectivity index (χ2n) is 3.70. The van der Waals surface area contributed by atoms with Crippen LogP contribution in [0.5, 0.6) is 0 Å². The van der Waals surface area contributed by atoms with Crippen molar-refractivity contribution < 1.29 is 9.52 Å². The monoisotopic (exact) mass is 199 g/mol. The van der Waals surface area contributed by atoms with Gasteiger partial charge in [0.05, 0.1) is 11.7 Å². The average Bonchev–Trinajstić information content (AvgIpc) is 2.49. The predicted molar refractivity (Wildman–Crippen MR) is 52.7 cm³/mol. The molecule has 0 aliphatic heterocycles. The van der Waals surface area contributed by atoms with Crippen LogP contribution < -0.4 is 5.73 Å². The summed E-state index contributed by atoms with van der Waals surface area (Å²) < 4.78 is 5.07. The van der Waals surface area contributed by atoms with Crippen LogP contribution in [-0.4, -0.2) is 41.7 Å². The highest BCUT2D eigenvalue weighted by atomic mass is 16.4. The average molecular weight is 199 g/mol. The van der Waals surface area contributed by atoms with Crippen LogP contribution in [0.3, 0.4) is 0 Å². The van der Waals surface area contributed by atoms with Gasteiger partial charge < -0.3 is 20.2 Å². The molecule has 2 atom stereocenters. The Morgan fingerprint density at radius 3 is 2.71 bits per heavy atom. The number of oxazole rings is 1. The van der Waals surface area contributed by atoms with Gasteiger partial charge in [0.25, 0.3) is 0 Å². The lowest BCUT2D eigenvalue weighted by molar-refractivity contribution is 0.103. The maximum atomic E-state index is 9.74. The van der Waals surface area contributed by atoms with Crippen molar-refractivity contribution in [3.8, 4) is 0 Å². The minimum Gasteiger partial charge on any atom is -0.446 e. The van der Waals surface area contributed by atoms with Crippen LogP contribution in [0.2, 0.25) is 0 Å². The quantitative estimate of drug-likeness (QED) is 0.708. The third-order valence-corrected chi connectivity index (χ3v) is 1.87. The van der Waals surface area contributed by atoms with Crippen LogP contribution in [0.25, 0.3) is 0 Å². The molecular formula is C9H17N3O2. The zero-order valence-corrected chi connectivity index (χ0v) is 8.77. The van der Waals surface area contributed by atoms with E-state index in [1.165, 1.54) is 6.26 Å². The predicted octanol–water partition coefficient (Wildman–Crippen LogP) is -0.0947. The van der Waals surface area contributed by atoms with E-state index >= 15 is 0 Å². The molecule has 2 unspecified atom stereocenters. The molecule has 0 aliphatic carbocycles. The zero-order chi connectivity index (χ0) is 10.7. The number of hydrogen-bond donors (Lipinski definition) is 2. The lowest BCUT2D eigenvalue weighted by Gasteiger charge is -2.19. The summed E-state index contributed by atoms with van der Waals surface area (Å²) in [5, 5.41) is 9.74. The van der Waals surface area contributed by atoms with Crippen molar-refractivity contribution in [2.45, 2.75) is 19.1 Å². The summed E-state index contributed by atoms with van der Waals surface area (Å²) in [7, 11) is 3.79. The number of nitrogens with zero attached hydrogens (tertiary/aromatic N) is 2. The van der Waals surface area contributed by atoms with Crippen LogP contribution in [0.15, 0.2) is 10.7 Å². The first-order valence-corrected chi connectivity index (χ1v) is 4.51. The molecule has 1 heterocycles. The lowest BCUT2D eigenvalue weighted by Crippen LogP contribution is -2.38. The van der Waals surface area contributed by atoms with Gasteiger partial charge in [0.15, 0.2) is 0 Å². The Hall–Kier alpha value is -0.910. The van der Waals surface area contributed by atoms with Gasteiger partial charge in [0, 0.05) is 6.54 Å². The SMILES string of the molecule is Cc1coc(C(O)C(N)CN(C)C)n1. The Morgan fingerprint density at radius 2 is 2.29 bits per heavy atom. The van der Waals surface area contributed by atoms with E-state index in [9.17, 15) is 5.11 Å². The molecule has 0 amide bonds. The van der Waals surface area contributed by atoms with Gasteiger partial charge in [-0.2, -0.15) is 0 Å². The van der Waals surface area contributed by atoms with E-state index in [1.54, 1.807) is 6.92 Å². The van der Waals surface area contributed by atoms with Gasteiger partial charge in [-0.3, -0.25) is 0 Å². The largest absolute Gasteiger partial charge is 0.446 e. The van der Waals surface area contributed by atoms with E-state index in [0.29, 0.717) is 6.54 Å². The van der Waals surface area contributed by atoms with Gasteiger partial charge in [0.1, 0.15) is 12.4 Å². The Kier molecular flexibility index (Phi) is 3.62. The number of aliphatic hydroxyl groups excluding tert-OH is 1. The standard InChI is InChI=1S/C9H17N3O2/c1-6-5-14-9(11-6)8(13)7(10)4-12(2)3/h5,7-8,13H,4,10H2,1-3H3. The van der Waals surface area contributed by atoms with Crippen molar-refractivity contribution in [2.75, 3.05) is 20.6 Å². The van der Waals surface area contributed by atoms with Crippen LogP contribution in [-0.2, 0) is 0 Å². The number of nitrogens with two attached hydrogens (primary N) is 1. The lowest BCUT2D eigenvalue weighted by atomic mass is 10.1. The van der Waals surface area contributed by atoms with E-state index in [4.69, 9.17) is 10.2 Å². The minimum atomic E-state index is -0.842. The molecule has 0 fully saturated rings. The van der Waals surface area contributed by atoms with Gasteiger partial charge in [-0.05, 0) is 21.0 Å². The first-order chi connectivity index (χ1) is 6.50. The molecule has 0 saturated heterocycles. The molecule has 14 heavy (non-hydrogen) atoms. The van der Waals surface area contributed by atoms with E-state index in [2.05, 4.69) is 4.98 Å². The summed E-state index contributed by atoms with van der Waals surface area (Å²) in [4.78, 5) is 5.93. The van der Waals surface area contributed by atoms with Gasteiger partial charge in [-0.15, -0.1) is 0 Å². The highest BCUT2D eigenvalue weighted by Gasteiger charge is 2.21. The Bertz CT molecular complexity index is 285. The molecule has 1 rings (SSSR count). The van der Waals surface area contributed by atoms with Gasteiger partial charge in [0.2, 0.25) is 5.89 Å². The maximum Gasteiger partial charge on any atom is 0.224 e. The summed E-state index contributed by atoms with van der Waals surface area (Å²) in [6, 6.07) is -0.386. The molecule has 1 aromatic rings. The molecule has 5 nitrogen and oxygen atoms in total. The number of rotatable bonds is 4. The van der Waals surface area contributed by atoms with E-state index in [1.807, 2.05) is 19.0 Å². The topological polar surface area (TPSA) is 75.5 Å². The Morgan fingerprint density at radius 1 is 1.64 bits per heavy atom. The third-order valence-electron chi connectivity index (χ3n) is 1.87. The van der Waals surface area contributed by atoms with Crippen molar-refractivity contribution in [1.82, 2.24) is 9.88 Å². The first-order valence-electron chi connectivity index (χ1n) is 4.51. The number of aryl methyl sites for hydroxylation is 1. The van der Waals surface area contributed by atoms with E-state index in [-0.39, 0.29) is 11.9 Å². The molecule has 5 heteroatoms. The molecule has 80 valence electrons. The molecule has 1 aromatic heterocycles. The molecule has 0 saturated carbocycles. The number of aliphatic hydroxyl groups is 1. The molecule has 0 spiro atoms. The summed E-state index contributed by atoms with van der Waals surface area (Å²) in [6.45, 7) is 2.39. The van der Waals surface area contributed by atoms with E-state index in [0.717, 1.165) is 5.69 Å². The number of aromatic nitrogens is 1. The maximum absolute atomic E-state index is 9.74. The summed E-state index contributed by atoms with van der Waals surface area (Å²) in [5.41, 5.74) is 6.51. The van der Waals surface area contributed by atoms with Crippen molar-refractivity contribution in [3.63, 3.8) is 0 Å². The fourth-order valence-corrected chi connectivity index (χ4v) is 1.21. The van der Waals surface area contributed by atoms with E-state index < -0.39 is 6.10 Å². The molecule has 0 bridgehead atoms. The normalized spacial score (nSPS) is 15.9. The summed E-state index contributed by atoms with van der Waals surface area (Å²) in [5.74, 6) is 0.289. The van der Waals surface area contributed by atoms with Gasteiger partial charge >= 0.3 is 0 Å². The zero-order valence-electron chi connectivity index (χ0n) is 8.77. The summed E-state index contributed by atoms with van der Waals surface area (Å²) in [6.07, 6.45) is 0.659. The molecule has 3 N–H and O–H groups in total. The van der Waals surface area contributed by atoms with Crippen LogP contribution in [0.4, 0.5) is 0 Å². The van der Waals surface area contributed by atoms with Crippen molar-refractivity contribution >= 4 is 0 Å². The summed E-state index contributed by atoms with van der Waals surface area (Å²) >= 11 is 0. The number of likely N-dealkylation sites (N-methyl/N-ethyl adjacent to an activating group) is 1. The van der Waals surface area contributed by atoms with Crippen LogP contribution >= 0.6 is 0 Å². The highest BCUT2D eigenvalue weighted by molar-refractivity contribution is 4.98. The number of hydrogen-bond acceptors (Lipinski definition) is 5. The van der Waals surface area contributed by atoms with Gasteiger partial charge in [-0.25, -0.2) is 4.98 Å². The molecular weight excluding hydrogens is 182 g/mol. The van der Waals surface area contributed by atoms with Crippen molar-refractivity contribution in [2.24, 2.45) is 5.73 Å².